The lowest BCUT2D eigenvalue weighted by Crippen LogP contribution is -1.98. The van der Waals surface area contributed by atoms with Crippen LogP contribution < -0.4 is 10.5 Å². The van der Waals surface area contributed by atoms with E-state index in [1.807, 2.05) is 24.3 Å². The van der Waals surface area contributed by atoms with Crippen LogP contribution in [0.5, 0.6) is 5.75 Å². The first-order chi connectivity index (χ1) is 5.86. The third kappa shape index (κ3) is 2.26. The number of hydrogen-bond acceptors (Lipinski definition) is 3. The third-order valence-corrected chi connectivity index (χ3v) is 1.44. The van der Waals surface area contributed by atoms with E-state index in [4.69, 9.17) is 15.7 Å². The molecule has 0 aliphatic heterocycles. The molecule has 62 valence electrons. The molecule has 0 heterocycles. The van der Waals surface area contributed by atoms with Crippen LogP contribution in [0.1, 0.15) is 5.56 Å². The van der Waals surface area contributed by atoms with Crippen LogP contribution in [0, 0.1) is 11.3 Å². The molecule has 0 fully saturated rings. The van der Waals surface area contributed by atoms with Gasteiger partial charge in [-0.1, -0.05) is 12.1 Å². The Morgan fingerprint density at radius 1 is 1.50 bits per heavy atom. The molecule has 0 aliphatic rings. The Balaban J connectivity index is 2.67. The summed E-state index contributed by atoms with van der Waals surface area (Å²) in [5.74, 6) is 0.694. The van der Waals surface area contributed by atoms with Gasteiger partial charge in [0.05, 0.1) is 0 Å². The van der Waals surface area contributed by atoms with E-state index >= 15 is 0 Å². The van der Waals surface area contributed by atoms with Gasteiger partial charge in [-0.2, -0.15) is 5.26 Å². The lowest BCUT2D eigenvalue weighted by Gasteiger charge is -2.02. The largest absolute Gasteiger partial charge is 0.479 e. The summed E-state index contributed by atoms with van der Waals surface area (Å²) in [5.41, 5.74) is 6.43. The van der Waals surface area contributed by atoms with Crippen molar-refractivity contribution in [2.24, 2.45) is 5.73 Å². The van der Waals surface area contributed by atoms with Crippen LogP contribution in [0.3, 0.4) is 0 Å². The van der Waals surface area contributed by atoms with Gasteiger partial charge in [-0.25, -0.2) is 0 Å². The molecule has 0 saturated heterocycles. The SMILES string of the molecule is N#CCOc1cccc(CN)c1. The molecular formula is C9H10N2O. The van der Waals surface area contributed by atoms with Crippen LogP contribution >= 0.6 is 0 Å². The van der Waals surface area contributed by atoms with Gasteiger partial charge in [0.2, 0.25) is 0 Å². The first-order valence-electron chi connectivity index (χ1n) is 3.65. The van der Waals surface area contributed by atoms with Crippen LogP contribution in [0.25, 0.3) is 0 Å². The van der Waals surface area contributed by atoms with Gasteiger partial charge in [-0.05, 0) is 17.7 Å². The van der Waals surface area contributed by atoms with E-state index < -0.39 is 0 Å². The zero-order chi connectivity index (χ0) is 8.81. The van der Waals surface area contributed by atoms with Crippen molar-refractivity contribution < 1.29 is 4.74 Å². The average molecular weight is 162 g/mol. The second kappa shape index (κ2) is 4.37. The van der Waals surface area contributed by atoms with Gasteiger partial charge in [-0.15, -0.1) is 0 Å². The van der Waals surface area contributed by atoms with Crippen molar-refractivity contribution >= 4 is 0 Å². The highest BCUT2D eigenvalue weighted by molar-refractivity contribution is 5.28. The zero-order valence-electron chi connectivity index (χ0n) is 6.66. The Morgan fingerprint density at radius 2 is 2.33 bits per heavy atom. The highest BCUT2D eigenvalue weighted by Gasteiger charge is 1.93. The maximum atomic E-state index is 8.25. The summed E-state index contributed by atoms with van der Waals surface area (Å²) in [4.78, 5) is 0. The smallest absolute Gasteiger partial charge is 0.174 e. The molecule has 1 aromatic rings. The highest BCUT2D eigenvalue weighted by Crippen LogP contribution is 2.12. The van der Waals surface area contributed by atoms with Crippen LogP contribution in [0.2, 0.25) is 0 Å². The Bertz CT molecular complexity index is 291. The van der Waals surface area contributed by atoms with Gasteiger partial charge in [0.1, 0.15) is 11.8 Å². The molecule has 0 aromatic heterocycles. The second-order valence-corrected chi connectivity index (χ2v) is 2.30. The van der Waals surface area contributed by atoms with E-state index in [-0.39, 0.29) is 6.61 Å². The van der Waals surface area contributed by atoms with Gasteiger partial charge >= 0.3 is 0 Å². The van der Waals surface area contributed by atoms with Crippen molar-refractivity contribution in [2.75, 3.05) is 6.61 Å². The number of nitriles is 1. The minimum absolute atomic E-state index is 0.0774. The van der Waals surface area contributed by atoms with E-state index in [1.165, 1.54) is 0 Å². The molecule has 12 heavy (non-hydrogen) atoms. The Kier molecular flexibility index (Phi) is 3.12. The van der Waals surface area contributed by atoms with E-state index in [0.29, 0.717) is 12.3 Å². The molecule has 1 rings (SSSR count). The number of benzene rings is 1. The van der Waals surface area contributed by atoms with Crippen molar-refractivity contribution in [3.63, 3.8) is 0 Å². The van der Waals surface area contributed by atoms with Crippen LogP contribution in [-0.2, 0) is 6.54 Å². The molecule has 3 nitrogen and oxygen atoms in total. The standard InChI is InChI=1S/C9H10N2O/c10-4-5-12-9-3-1-2-8(6-9)7-11/h1-3,6H,5,7,11H2. The van der Waals surface area contributed by atoms with E-state index in [2.05, 4.69) is 0 Å². The first-order valence-corrected chi connectivity index (χ1v) is 3.65. The molecule has 2 N–H and O–H groups in total. The Hall–Kier alpha value is -1.53. The van der Waals surface area contributed by atoms with Crippen molar-refractivity contribution in [1.29, 1.82) is 5.26 Å². The fourth-order valence-corrected chi connectivity index (χ4v) is 0.878. The van der Waals surface area contributed by atoms with Crippen molar-refractivity contribution in [1.82, 2.24) is 0 Å². The molecule has 0 spiro atoms. The summed E-state index contributed by atoms with van der Waals surface area (Å²) >= 11 is 0. The quantitative estimate of drug-likeness (QED) is 0.722. The van der Waals surface area contributed by atoms with Crippen LogP contribution in [0.4, 0.5) is 0 Å². The average Bonchev–Trinajstić information content (AvgIpc) is 2.15. The highest BCUT2D eigenvalue weighted by atomic mass is 16.5. The van der Waals surface area contributed by atoms with Crippen molar-refractivity contribution in [3.05, 3.63) is 29.8 Å². The Morgan fingerprint density at radius 3 is 3.00 bits per heavy atom. The third-order valence-electron chi connectivity index (χ3n) is 1.44. The summed E-state index contributed by atoms with van der Waals surface area (Å²) in [7, 11) is 0. The molecule has 0 unspecified atom stereocenters. The number of nitrogens with two attached hydrogens (primary N) is 1. The maximum Gasteiger partial charge on any atom is 0.174 e. The molecule has 0 aliphatic carbocycles. The fourth-order valence-electron chi connectivity index (χ4n) is 0.878. The van der Waals surface area contributed by atoms with Crippen molar-refractivity contribution in [3.8, 4) is 11.8 Å². The maximum absolute atomic E-state index is 8.25. The number of nitrogens with zero attached hydrogens (tertiary/aromatic N) is 1. The molecule has 0 radical (unpaired) electrons. The number of rotatable bonds is 3. The molecule has 1 aromatic carbocycles. The summed E-state index contributed by atoms with van der Waals surface area (Å²) in [6.07, 6.45) is 0. The lowest BCUT2D eigenvalue weighted by molar-refractivity contribution is 0.368. The summed E-state index contributed by atoms with van der Waals surface area (Å²) < 4.78 is 5.08. The lowest BCUT2D eigenvalue weighted by atomic mass is 10.2. The topological polar surface area (TPSA) is 59.0 Å². The molecule has 3 heteroatoms. The molecule has 0 saturated carbocycles. The van der Waals surface area contributed by atoms with Gasteiger partial charge in [0.25, 0.3) is 0 Å². The van der Waals surface area contributed by atoms with Gasteiger partial charge < -0.3 is 10.5 Å². The van der Waals surface area contributed by atoms with E-state index in [0.717, 1.165) is 5.56 Å². The minimum atomic E-state index is 0.0774. The number of ether oxygens (including phenoxy) is 1. The number of hydrogen-bond donors (Lipinski definition) is 1. The fraction of sp³-hybridized carbons (Fsp3) is 0.222. The Labute approximate surface area is 71.4 Å². The van der Waals surface area contributed by atoms with Crippen molar-refractivity contribution in [2.45, 2.75) is 6.54 Å². The summed E-state index contributed by atoms with van der Waals surface area (Å²) in [6.45, 7) is 0.567. The van der Waals surface area contributed by atoms with Gasteiger partial charge in [0.15, 0.2) is 6.61 Å². The normalized spacial score (nSPS) is 9.00. The monoisotopic (exact) mass is 162 g/mol. The first kappa shape index (κ1) is 8.57. The molecule has 0 atom stereocenters. The summed E-state index contributed by atoms with van der Waals surface area (Å²) in [5, 5.41) is 8.25. The predicted octanol–water partition coefficient (Wildman–Crippen LogP) is 1.05. The van der Waals surface area contributed by atoms with Crippen LogP contribution in [-0.4, -0.2) is 6.61 Å². The van der Waals surface area contributed by atoms with E-state index in [9.17, 15) is 0 Å². The van der Waals surface area contributed by atoms with Crippen LogP contribution in [0.15, 0.2) is 24.3 Å². The van der Waals surface area contributed by atoms with Gasteiger partial charge in [-0.3, -0.25) is 0 Å². The molecule has 0 amide bonds. The summed E-state index contributed by atoms with van der Waals surface area (Å²) in [6, 6.07) is 9.30. The zero-order valence-corrected chi connectivity index (χ0v) is 6.66. The molecular weight excluding hydrogens is 152 g/mol. The minimum Gasteiger partial charge on any atom is -0.479 e. The second-order valence-electron chi connectivity index (χ2n) is 2.30. The van der Waals surface area contributed by atoms with Gasteiger partial charge in [0, 0.05) is 6.54 Å². The van der Waals surface area contributed by atoms with E-state index in [1.54, 1.807) is 6.07 Å². The predicted molar refractivity (Wildman–Crippen MR) is 45.4 cm³/mol. The molecule has 0 bridgehead atoms.